The second-order valence-corrected chi connectivity index (χ2v) is 3.98. The summed E-state index contributed by atoms with van der Waals surface area (Å²) in [6.07, 6.45) is 4.40. The Morgan fingerprint density at radius 3 is 2.88 bits per heavy atom. The first-order valence-electron chi connectivity index (χ1n) is 6.31. The van der Waals surface area contributed by atoms with Crippen molar-refractivity contribution in [3.63, 3.8) is 0 Å². The summed E-state index contributed by atoms with van der Waals surface area (Å²) >= 11 is 0. The maximum Gasteiger partial charge on any atom is 0.0645 e. The van der Waals surface area contributed by atoms with Gasteiger partial charge in [0.15, 0.2) is 0 Å². The molecule has 0 bridgehead atoms. The van der Waals surface area contributed by atoms with Gasteiger partial charge >= 0.3 is 0 Å². The van der Waals surface area contributed by atoms with Gasteiger partial charge in [0.2, 0.25) is 0 Å². The fourth-order valence-electron chi connectivity index (χ4n) is 1.63. The van der Waals surface area contributed by atoms with Gasteiger partial charge in [0, 0.05) is 31.6 Å². The third-order valence-corrected chi connectivity index (χ3v) is 2.48. The van der Waals surface area contributed by atoms with Crippen molar-refractivity contribution in [2.24, 2.45) is 0 Å². The van der Waals surface area contributed by atoms with Crippen LogP contribution in [-0.4, -0.2) is 24.3 Å². The first-order valence-corrected chi connectivity index (χ1v) is 6.31. The van der Waals surface area contributed by atoms with E-state index in [1.54, 1.807) is 0 Å². The summed E-state index contributed by atoms with van der Waals surface area (Å²) in [5, 5.41) is 3.42. The zero-order valence-electron chi connectivity index (χ0n) is 10.5. The topological polar surface area (TPSA) is 26.2 Å². The van der Waals surface area contributed by atoms with Gasteiger partial charge in [-0.15, -0.1) is 0 Å². The van der Waals surface area contributed by atoms with Crippen molar-refractivity contribution in [2.45, 2.75) is 39.8 Å². The summed E-state index contributed by atoms with van der Waals surface area (Å²) in [5.41, 5.74) is 1.34. The zero-order chi connectivity index (χ0) is 11.6. The Morgan fingerprint density at radius 1 is 1.25 bits per heavy atom. The van der Waals surface area contributed by atoms with Gasteiger partial charge in [0.05, 0.1) is 6.61 Å². The largest absolute Gasteiger partial charge is 0.380 e. The molecule has 0 saturated carbocycles. The van der Waals surface area contributed by atoms with Crippen molar-refractivity contribution in [3.8, 4) is 0 Å². The number of nitrogens with one attached hydrogen (secondary N) is 1. The predicted octanol–water partition coefficient (Wildman–Crippen LogP) is 2.41. The minimum atomic E-state index is 0.809. The summed E-state index contributed by atoms with van der Waals surface area (Å²) in [6, 6.07) is 4.27. The highest BCUT2D eigenvalue weighted by Crippen LogP contribution is 2.02. The van der Waals surface area contributed by atoms with Crippen LogP contribution in [0.25, 0.3) is 0 Å². The zero-order valence-corrected chi connectivity index (χ0v) is 10.5. The SMILES string of the molecule is CCCNCc1cccn1CCOCCC. The van der Waals surface area contributed by atoms with Gasteiger partial charge in [-0.1, -0.05) is 13.8 Å². The highest BCUT2D eigenvalue weighted by molar-refractivity contribution is 5.06. The van der Waals surface area contributed by atoms with E-state index in [4.69, 9.17) is 4.74 Å². The molecule has 0 aliphatic heterocycles. The van der Waals surface area contributed by atoms with E-state index in [1.165, 1.54) is 12.1 Å². The lowest BCUT2D eigenvalue weighted by molar-refractivity contribution is 0.126. The fraction of sp³-hybridized carbons (Fsp3) is 0.692. The average Bonchev–Trinajstić information content (AvgIpc) is 2.73. The van der Waals surface area contributed by atoms with E-state index >= 15 is 0 Å². The van der Waals surface area contributed by atoms with Crippen LogP contribution in [-0.2, 0) is 17.8 Å². The van der Waals surface area contributed by atoms with Crippen LogP contribution in [0.2, 0.25) is 0 Å². The van der Waals surface area contributed by atoms with Crippen LogP contribution in [0.15, 0.2) is 18.3 Å². The van der Waals surface area contributed by atoms with Crippen LogP contribution < -0.4 is 5.32 Å². The molecule has 0 saturated heterocycles. The van der Waals surface area contributed by atoms with Crippen molar-refractivity contribution >= 4 is 0 Å². The van der Waals surface area contributed by atoms with Crippen LogP contribution >= 0.6 is 0 Å². The van der Waals surface area contributed by atoms with E-state index in [0.29, 0.717) is 0 Å². The molecule has 3 nitrogen and oxygen atoms in total. The maximum atomic E-state index is 5.50. The van der Waals surface area contributed by atoms with Crippen LogP contribution in [0.4, 0.5) is 0 Å². The van der Waals surface area contributed by atoms with Crippen LogP contribution in [0, 0.1) is 0 Å². The third-order valence-electron chi connectivity index (χ3n) is 2.48. The molecule has 1 heterocycles. The normalized spacial score (nSPS) is 10.9. The van der Waals surface area contributed by atoms with Gasteiger partial charge in [-0.05, 0) is 31.5 Å². The number of aromatic nitrogens is 1. The Labute approximate surface area is 98.8 Å². The van der Waals surface area contributed by atoms with E-state index < -0.39 is 0 Å². The lowest BCUT2D eigenvalue weighted by Gasteiger charge is -2.10. The minimum Gasteiger partial charge on any atom is -0.380 e. The molecular formula is C13H24N2O. The Hall–Kier alpha value is -0.800. The summed E-state index contributed by atoms with van der Waals surface area (Å²) in [5.74, 6) is 0. The molecule has 3 heteroatoms. The molecule has 0 aromatic carbocycles. The van der Waals surface area contributed by atoms with Crippen molar-refractivity contribution in [1.29, 1.82) is 0 Å². The van der Waals surface area contributed by atoms with Gasteiger partial charge in [-0.25, -0.2) is 0 Å². The molecule has 0 unspecified atom stereocenters. The third kappa shape index (κ3) is 4.81. The highest BCUT2D eigenvalue weighted by Gasteiger charge is 1.99. The van der Waals surface area contributed by atoms with Crippen molar-refractivity contribution in [3.05, 3.63) is 24.0 Å². The molecule has 1 rings (SSSR count). The number of hydrogen-bond acceptors (Lipinski definition) is 2. The lowest BCUT2D eigenvalue weighted by Crippen LogP contribution is -2.17. The molecule has 0 aliphatic rings. The summed E-state index contributed by atoms with van der Waals surface area (Å²) in [6.45, 7) is 8.98. The smallest absolute Gasteiger partial charge is 0.0645 e. The monoisotopic (exact) mass is 224 g/mol. The Bertz CT molecular complexity index is 271. The standard InChI is InChI=1S/C13H24N2O/c1-3-7-14-12-13-6-5-8-15(13)9-11-16-10-4-2/h5-6,8,14H,3-4,7,9-12H2,1-2H3. The van der Waals surface area contributed by atoms with Gasteiger partial charge in [-0.2, -0.15) is 0 Å². The number of ether oxygens (including phenoxy) is 1. The molecule has 1 N–H and O–H groups in total. The molecule has 0 amide bonds. The Kier molecular flexibility index (Phi) is 6.93. The average molecular weight is 224 g/mol. The molecule has 0 radical (unpaired) electrons. The quantitative estimate of drug-likeness (QED) is 0.652. The molecular weight excluding hydrogens is 200 g/mol. The summed E-state index contributed by atoms with van der Waals surface area (Å²) in [4.78, 5) is 0. The fourth-order valence-corrected chi connectivity index (χ4v) is 1.63. The molecule has 0 aliphatic carbocycles. The first kappa shape index (κ1) is 13.3. The number of hydrogen-bond donors (Lipinski definition) is 1. The van der Waals surface area contributed by atoms with E-state index in [0.717, 1.165) is 39.3 Å². The van der Waals surface area contributed by atoms with Crippen LogP contribution in [0.5, 0.6) is 0 Å². The minimum absolute atomic E-state index is 0.809. The van der Waals surface area contributed by atoms with Gasteiger partial charge in [0.25, 0.3) is 0 Å². The predicted molar refractivity (Wildman–Crippen MR) is 67.5 cm³/mol. The van der Waals surface area contributed by atoms with Crippen LogP contribution in [0.1, 0.15) is 32.4 Å². The highest BCUT2D eigenvalue weighted by atomic mass is 16.5. The summed E-state index contributed by atoms with van der Waals surface area (Å²) in [7, 11) is 0. The van der Waals surface area contributed by atoms with E-state index in [9.17, 15) is 0 Å². The van der Waals surface area contributed by atoms with E-state index in [-0.39, 0.29) is 0 Å². The van der Waals surface area contributed by atoms with Gasteiger partial charge in [-0.3, -0.25) is 0 Å². The van der Waals surface area contributed by atoms with Gasteiger partial charge < -0.3 is 14.6 Å². The van der Waals surface area contributed by atoms with Crippen molar-refractivity contribution in [2.75, 3.05) is 19.8 Å². The Balaban J connectivity index is 2.26. The van der Waals surface area contributed by atoms with E-state index in [1.807, 2.05) is 0 Å². The molecule has 1 aromatic heterocycles. The molecule has 16 heavy (non-hydrogen) atoms. The molecule has 0 atom stereocenters. The molecule has 0 spiro atoms. The van der Waals surface area contributed by atoms with E-state index in [2.05, 4.69) is 42.1 Å². The van der Waals surface area contributed by atoms with Gasteiger partial charge in [0.1, 0.15) is 0 Å². The molecule has 0 fully saturated rings. The lowest BCUT2D eigenvalue weighted by atomic mass is 10.4. The second-order valence-electron chi connectivity index (χ2n) is 3.98. The molecule has 1 aromatic rings. The second kappa shape index (κ2) is 8.36. The van der Waals surface area contributed by atoms with Crippen molar-refractivity contribution < 1.29 is 4.74 Å². The van der Waals surface area contributed by atoms with Crippen molar-refractivity contribution in [1.82, 2.24) is 9.88 Å². The maximum absolute atomic E-state index is 5.50. The number of rotatable bonds is 9. The number of nitrogens with zero attached hydrogens (tertiary/aromatic N) is 1. The van der Waals surface area contributed by atoms with Crippen LogP contribution in [0.3, 0.4) is 0 Å². The molecule has 92 valence electrons. The summed E-state index contributed by atoms with van der Waals surface area (Å²) < 4.78 is 7.76. The first-order chi connectivity index (χ1) is 7.88. The Morgan fingerprint density at radius 2 is 2.12 bits per heavy atom.